The number of benzene rings is 1. The summed E-state index contributed by atoms with van der Waals surface area (Å²) in [5.74, 6) is 0.306. The van der Waals surface area contributed by atoms with Gasteiger partial charge < -0.3 is 19.6 Å². The van der Waals surface area contributed by atoms with E-state index >= 15 is 0 Å². The van der Waals surface area contributed by atoms with E-state index in [1.165, 1.54) is 11.8 Å². The minimum Gasteiger partial charge on any atom is -0.390 e. The molecule has 0 unspecified atom stereocenters. The molecule has 0 saturated carbocycles. The molecular formula is C15H19ClN2O5S. The predicted octanol–water partition coefficient (Wildman–Crippen LogP) is 1.29. The van der Waals surface area contributed by atoms with Gasteiger partial charge in [-0.05, 0) is 18.6 Å². The number of ether oxygens (including phenoxy) is 2. The van der Waals surface area contributed by atoms with Crippen molar-refractivity contribution in [2.75, 3.05) is 32.7 Å². The van der Waals surface area contributed by atoms with Gasteiger partial charge in [-0.3, -0.25) is 9.78 Å². The molecule has 0 saturated heterocycles. The van der Waals surface area contributed by atoms with Crippen LogP contribution in [0.5, 0.6) is 0 Å². The van der Waals surface area contributed by atoms with Gasteiger partial charge in [0.05, 0.1) is 46.7 Å². The van der Waals surface area contributed by atoms with Crippen LogP contribution in [0.25, 0.3) is 10.9 Å². The highest BCUT2D eigenvalue weighted by molar-refractivity contribution is 7.99. The maximum Gasteiger partial charge on any atom is 0.326 e. The molecule has 0 bridgehead atoms. The van der Waals surface area contributed by atoms with Crippen molar-refractivity contribution in [3.63, 3.8) is 0 Å². The van der Waals surface area contributed by atoms with E-state index in [9.17, 15) is 14.7 Å². The number of halogens is 1. The molecular weight excluding hydrogens is 356 g/mol. The van der Waals surface area contributed by atoms with Crippen LogP contribution in [0, 0.1) is 6.92 Å². The van der Waals surface area contributed by atoms with Crippen LogP contribution in [-0.2, 0) is 9.47 Å². The molecule has 1 aromatic carbocycles. The van der Waals surface area contributed by atoms with Crippen molar-refractivity contribution in [1.82, 2.24) is 9.97 Å². The summed E-state index contributed by atoms with van der Waals surface area (Å²) in [5, 5.41) is 10.8. The number of nitrogens with one attached hydrogen (secondary N) is 2. The first-order valence-corrected chi connectivity index (χ1v) is 8.63. The minimum absolute atomic E-state index is 0.162. The maximum absolute atomic E-state index is 11.9. The number of aromatic amines is 2. The molecule has 7 nitrogen and oxygen atoms in total. The van der Waals surface area contributed by atoms with Crippen molar-refractivity contribution < 1.29 is 14.6 Å². The number of aryl methyl sites for hydroxylation is 1. The molecule has 0 aliphatic rings. The fourth-order valence-electron chi connectivity index (χ4n) is 2.11. The number of aliphatic hydroxyl groups is 1. The second-order valence-electron chi connectivity index (χ2n) is 5.20. The number of H-pyrrole nitrogens is 2. The fourth-order valence-corrected chi connectivity index (χ4v) is 3.47. The molecule has 24 heavy (non-hydrogen) atoms. The van der Waals surface area contributed by atoms with Gasteiger partial charge in [0.25, 0.3) is 5.56 Å². The predicted molar refractivity (Wildman–Crippen MR) is 94.4 cm³/mol. The summed E-state index contributed by atoms with van der Waals surface area (Å²) in [6.45, 7) is 2.79. The van der Waals surface area contributed by atoms with E-state index in [0.717, 1.165) is 5.56 Å². The fraction of sp³-hybridized carbons (Fsp3) is 0.467. The van der Waals surface area contributed by atoms with Gasteiger partial charge in [0.2, 0.25) is 0 Å². The molecule has 0 amide bonds. The van der Waals surface area contributed by atoms with Crippen molar-refractivity contribution >= 4 is 34.3 Å². The largest absolute Gasteiger partial charge is 0.390 e. The van der Waals surface area contributed by atoms with Crippen molar-refractivity contribution in [3.05, 3.63) is 37.5 Å². The average Bonchev–Trinajstić information content (AvgIpc) is 2.53. The Hall–Kier alpha value is -1.32. The highest BCUT2D eigenvalue weighted by Gasteiger charge is 2.15. The van der Waals surface area contributed by atoms with Crippen LogP contribution in [0.1, 0.15) is 5.56 Å². The molecule has 0 aliphatic heterocycles. The minimum atomic E-state index is -0.716. The third-order valence-corrected chi connectivity index (χ3v) is 5.12. The zero-order chi connectivity index (χ0) is 17.7. The third kappa shape index (κ3) is 4.61. The Kier molecular flexibility index (Phi) is 6.88. The average molecular weight is 375 g/mol. The smallest absolute Gasteiger partial charge is 0.326 e. The summed E-state index contributed by atoms with van der Waals surface area (Å²) in [7, 11) is 1.57. The molecule has 9 heteroatoms. The Balaban J connectivity index is 2.20. The number of hydrogen-bond acceptors (Lipinski definition) is 6. The summed E-state index contributed by atoms with van der Waals surface area (Å²) >= 11 is 7.59. The van der Waals surface area contributed by atoms with E-state index in [4.69, 9.17) is 21.1 Å². The number of rotatable bonds is 8. The number of fused-ring (bicyclic) bond motifs is 1. The monoisotopic (exact) mass is 374 g/mol. The number of hydrogen-bond donors (Lipinski definition) is 3. The molecule has 2 rings (SSSR count). The summed E-state index contributed by atoms with van der Waals surface area (Å²) in [6, 6.07) is 1.63. The van der Waals surface area contributed by atoms with Gasteiger partial charge in [-0.2, -0.15) is 0 Å². The number of aromatic nitrogens is 2. The van der Waals surface area contributed by atoms with Gasteiger partial charge in [0.1, 0.15) is 0 Å². The Morgan fingerprint density at radius 3 is 2.79 bits per heavy atom. The first-order valence-electron chi connectivity index (χ1n) is 7.27. The van der Waals surface area contributed by atoms with Crippen molar-refractivity contribution in [1.29, 1.82) is 0 Å². The molecule has 1 aromatic heterocycles. The van der Waals surface area contributed by atoms with Crippen LogP contribution in [0.2, 0.25) is 5.02 Å². The molecule has 0 radical (unpaired) electrons. The summed E-state index contributed by atoms with van der Waals surface area (Å²) in [4.78, 5) is 28.9. The van der Waals surface area contributed by atoms with Crippen LogP contribution in [0.3, 0.4) is 0 Å². The van der Waals surface area contributed by atoms with Crippen LogP contribution < -0.4 is 11.2 Å². The van der Waals surface area contributed by atoms with Crippen molar-refractivity contribution in [2.45, 2.75) is 17.9 Å². The second-order valence-corrected chi connectivity index (χ2v) is 6.61. The number of thioether (sulfide) groups is 1. The molecule has 2 aromatic rings. The topological polar surface area (TPSA) is 104 Å². The van der Waals surface area contributed by atoms with Gasteiger partial charge in [-0.15, -0.1) is 11.8 Å². The second kappa shape index (κ2) is 8.68. The molecule has 0 aliphatic carbocycles. The summed E-state index contributed by atoms with van der Waals surface area (Å²) < 4.78 is 10.1. The Morgan fingerprint density at radius 1 is 1.33 bits per heavy atom. The van der Waals surface area contributed by atoms with Crippen LogP contribution in [-0.4, -0.2) is 53.9 Å². The van der Waals surface area contributed by atoms with E-state index in [1.54, 1.807) is 20.1 Å². The molecule has 0 spiro atoms. The van der Waals surface area contributed by atoms with Crippen LogP contribution in [0.15, 0.2) is 20.6 Å². The van der Waals surface area contributed by atoms with Gasteiger partial charge in [-0.25, -0.2) is 4.79 Å². The first-order chi connectivity index (χ1) is 11.4. The van der Waals surface area contributed by atoms with E-state index in [-0.39, 0.29) is 6.61 Å². The summed E-state index contributed by atoms with van der Waals surface area (Å²) in [6.07, 6.45) is -0.716. The third-order valence-electron chi connectivity index (χ3n) is 3.28. The molecule has 1 heterocycles. The zero-order valence-electron chi connectivity index (χ0n) is 13.3. The van der Waals surface area contributed by atoms with Crippen LogP contribution in [0.4, 0.5) is 0 Å². The van der Waals surface area contributed by atoms with E-state index in [0.29, 0.717) is 39.8 Å². The Labute approximate surface area is 147 Å². The molecule has 132 valence electrons. The summed E-state index contributed by atoms with van der Waals surface area (Å²) in [5.41, 5.74) is 0.0171. The van der Waals surface area contributed by atoms with Gasteiger partial charge in [0, 0.05) is 12.9 Å². The highest BCUT2D eigenvalue weighted by atomic mass is 35.5. The molecule has 0 fully saturated rings. The quantitative estimate of drug-likeness (QED) is 0.475. The Bertz CT molecular complexity index is 820. The lowest BCUT2D eigenvalue weighted by Gasteiger charge is -2.14. The van der Waals surface area contributed by atoms with Crippen molar-refractivity contribution in [3.8, 4) is 0 Å². The lowest BCUT2D eigenvalue weighted by atomic mass is 10.1. The number of aliphatic hydroxyl groups excluding tert-OH is 1. The van der Waals surface area contributed by atoms with Gasteiger partial charge in [0.15, 0.2) is 0 Å². The normalized spacial score (nSPS) is 12.7. The molecule has 1 atom stereocenters. The lowest BCUT2D eigenvalue weighted by molar-refractivity contribution is 0.0218. The zero-order valence-corrected chi connectivity index (χ0v) is 14.9. The Morgan fingerprint density at radius 2 is 2.08 bits per heavy atom. The van der Waals surface area contributed by atoms with Gasteiger partial charge in [-0.1, -0.05) is 11.6 Å². The van der Waals surface area contributed by atoms with Crippen molar-refractivity contribution in [2.24, 2.45) is 0 Å². The SMILES string of the molecule is COCCOC[C@@H](O)CSc1c(Cl)c(C)cc2c(=O)[nH]c(=O)[nH]c12. The van der Waals surface area contributed by atoms with E-state index in [1.807, 2.05) is 0 Å². The van der Waals surface area contributed by atoms with E-state index < -0.39 is 17.4 Å². The highest BCUT2D eigenvalue weighted by Crippen LogP contribution is 2.35. The van der Waals surface area contributed by atoms with Gasteiger partial charge >= 0.3 is 5.69 Å². The van der Waals surface area contributed by atoms with E-state index in [2.05, 4.69) is 9.97 Å². The lowest BCUT2D eigenvalue weighted by Crippen LogP contribution is -2.23. The molecule has 3 N–H and O–H groups in total. The standard InChI is InChI=1S/C15H19ClN2O5S/c1-8-5-10-12(17-15(21)18-14(10)20)13(11(8)16)24-7-9(19)6-23-4-3-22-2/h5,9,19H,3-4,6-7H2,1-2H3,(H2,17,18,20,21)/t9-/m1/s1. The first kappa shape index (κ1) is 19.0. The number of methoxy groups -OCH3 is 1. The van der Waals surface area contributed by atoms with Crippen LogP contribution >= 0.6 is 23.4 Å². The maximum atomic E-state index is 11.9.